The van der Waals surface area contributed by atoms with Crippen LogP contribution in [0.3, 0.4) is 0 Å². The van der Waals surface area contributed by atoms with Crippen molar-refractivity contribution in [2.75, 3.05) is 36.9 Å². The Bertz CT molecular complexity index is 797. The van der Waals surface area contributed by atoms with E-state index in [-0.39, 0.29) is 11.9 Å². The molecule has 2 N–H and O–H groups in total. The number of carbonyl (C=O) groups is 1. The number of anilines is 2. The third-order valence-electron chi connectivity index (χ3n) is 5.10. The summed E-state index contributed by atoms with van der Waals surface area (Å²) in [6.45, 7) is 4.80. The molecule has 1 amide bonds. The zero-order valence-corrected chi connectivity index (χ0v) is 15.5. The molecule has 4 rings (SSSR count). The standard InChI is InChI=1S/C21H25N3O3/c1-15(24-10-9-18(14-24)22-16-5-3-2-4-6-16)21(25)23-17-7-8-19-20(13-17)27-12-11-26-19/h2-8,13,15,18,22H,9-12,14H2,1H3,(H,23,25)/t15-,18+/m1/s1. The molecule has 27 heavy (non-hydrogen) atoms. The first kappa shape index (κ1) is 17.7. The van der Waals surface area contributed by atoms with Gasteiger partial charge in [0.1, 0.15) is 13.2 Å². The number of carbonyl (C=O) groups excluding carboxylic acids is 1. The second-order valence-electron chi connectivity index (χ2n) is 7.01. The summed E-state index contributed by atoms with van der Waals surface area (Å²) in [4.78, 5) is 14.9. The topological polar surface area (TPSA) is 62.8 Å². The third-order valence-corrected chi connectivity index (χ3v) is 5.10. The van der Waals surface area contributed by atoms with Gasteiger partial charge in [0.25, 0.3) is 0 Å². The maximum absolute atomic E-state index is 12.7. The molecule has 6 heteroatoms. The lowest BCUT2D eigenvalue weighted by Gasteiger charge is -2.24. The number of amides is 1. The number of ether oxygens (including phenoxy) is 2. The summed E-state index contributed by atoms with van der Waals surface area (Å²) in [7, 11) is 0. The van der Waals surface area contributed by atoms with E-state index in [9.17, 15) is 4.79 Å². The highest BCUT2D eigenvalue weighted by molar-refractivity contribution is 5.94. The molecular formula is C21H25N3O3. The second-order valence-corrected chi connectivity index (χ2v) is 7.01. The van der Waals surface area contributed by atoms with Crippen LogP contribution in [0.25, 0.3) is 0 Å². The van der Waals surface area contributed by atoms with Crippen molar-refractivity contribution >= 4 is 17.3 Å². The molecule has 0 aromatic heterocycles. The first-order chi connectivity index (χ1) is 13.2. The van der Waals surface area contributed by atoms with Crippen LogP contribution >= 0.6 is 0 Å². The third kappa shape index (κ3) is 4.17. The normalized spacial score (nSPS) is 20.1. The Morgan fingerprint density at radius 2 is 1.85 bits per heavy atom. The summed E-state index contributed by atoms with van der Waals surface area (Å²) in [5.41, 5.74) is 1.85. The Hall–Kier alpha value is -2.73. The van der Waals surface area contributed by atoms with Gasteiger partial charge in [0.2, 0.25) is 5.91 Å². The van der Waals surface area contributed by atoms with Crippen molar-refractivity contribution in [1.29, 1.82) is 0 Å². The van der Waals surface area contributed by atoms with Gasteiger partial charge in [0.05, 0.1) is 6.04 Å². The summed E-state index contributed by atoms with van der Waals surface area (Å²) >= 11 is 0. The zero-order chi connectivity index (χ0) is 18.6. The lowest BCUT2D eigenvalue weighted by atomic mass is 10.2. The van der Waals surface area contributed by atoms with E-state index in [1.54, 1.807) is 0 Å². The fourth-order valence-corrected chi connectivity index (χ4v) is 3.56. The van der Waals surface area contributed by atoms with E-state index < -0.39 is 0 Å². The van der Waals surface area contributed by atoms with Crippen LogP contribution in [0.4, 0.5) is 11.4 Å². The number of benzene rings is 2. The van der Waals surface area contributed by atoms with Crippen molar-refractivity contribution in [3.63, 3.8) is 0 Å². The van der Waals surface area contributed by atoms with Gasteiger partial charge in [-0.3, -0.25) is 9.69 Å². The Kier molecular flexibility index (Phi) is 5.16. The molecule has 1 fully saturated rings. The number of hydrogen-bond donors (Lipinski definition) is 2. The monoisotopic (exact) mass is 367 g/mol. The van der Waals surface area contributed by atoms with Crippen LogP contribution in [-0.4, -0.2) is 49.2 Å². The number of nitrogens with one attached hydrogen (secondary N) is 2. The number of para-hydroxylation sites is 1. The summed E-state index contributed by atoms with van der Waals surface area (Å²) in [5.74, 6) is 1.40. The number of nitrogens with zero attached hydrogens (tertiary/aromatic N) is 1. The van der Waals surface area contributed by atoms with Crippen molar-refractivity contribution in [3.05, 3.63) is 48.5 Å². The number of likely N-dealkylation sites (tertiary alicyclic amines) is 1. The highest BCUT2D eigenvalue weighted by atomic mass is 16.6. The van der Waals surface area contributed by atoms with E-state index in [0.717, 1.165) is 36.6 Å². The lowest BCUT2D eigenvalue weighted by molar-refractivity contribution is -0.120. The van der Waals surface area contributed by atoms with Crippen molar-refractivity contribution in [2.45, 2.75) is 25.4 Å². The van der Waals surface area contributed by atoms with Gasteiger partial charge in [0.15, 0.2) is 11.5 Å². The Balaban J connectivity index is 1.33. The maximum atomic E-state index is 12.7. The molecule has 0 aliphatic carbocycles. The largest absolute Gasteiger partial charge is 0.486 e. The molecule has 0 unspecified atom stereocenters. The van der Waals surface area contributed by atoms with Gasteiger partial charge >= 0.3 is 0 Å². The quantitative estimate of drug-likeness (QED) is 0.851. The molecule has 6 nitrogen and oxygen atoms in total. The Morgan fingerprint density at radius 1 is 1.07 bits per heavy atom. The average Bonchev–Trinajstić information content (AvgIpc) is 3.16. The van der Waals surface area contributed by atoms with Crippen LogP contribution in [0.2, 0.25) is 0 Å². The van der Waals surface area contributed by atoms with Crippen LogP contribution in [-0.2, 0) is 4.79 Å². The minimum Gasteiger partial charge on any atom is -0.486 e. The van der Waals surface area contributed by atoms with Crippen molar-refractivity contribution < 1.29 is 14.3 Å². The summed E-state index contributed by atoms with van der Waals surface area (Å²) in [6, 6.07) is 15.9. The molecule has 0 saturated carbocycles. The van der Waals surface area contributed by atoms with E-state index in [4.69, 9.17) is 9.47 Å². The van der Waals surface area contributed by atoms with Crippen LogP contribution in [0, 0.1) is 0 Å². The molecular weight excluding hydrogens is 342 g/mol. The van der Waals surface area contributed by atoms with E-state index >= 15 is 0 Å². The number of fused-ring (bicyclic) bond motifs is 1. The fraction of sp³-hybridized carbons (Fsp3) is 0.381. The molecule has 0 bridgehead atoms. The smallest absolute Gasteiger partial charge is 0.241 e. The first-order valence-corrected chi connectivity index (χ1v) is 9.45. The summed E-state index contributed by atoms with van der Waals surface area (Å²) < 4.78 is 11.1. The highest BCUT2D eigenvalue weighted by Crippen LogP contribution is 2.32. The van der Waals surface area contributed by atoms with Crippen LogP contribution < -0.4 is 20.1 Å². The number of hydrogen-bond acceptors (Lipinski definition) is 5. The van der Waals surface area contributed by atoms with E-state index in [2.05, 4.69) is 27.7 Å². The summed E-state index contributed by atoms with van der Waals surface area (Å²) in [6.07, 6.45) is 1.02. The molecule has 2 aromatic rings. The highest BCUT2D eigenvalue weighted by Gasteiger charge is 2.29. The van der Waals surface area contributed by atoms with Crippen molar-refractivity contribution in [2.24, 2.45) is 0 Å². The Morgan fingerprint density at radius 3 is 2.67 bits per heavy atom. The van der Waals surface area contributed by atoms with Gasteiger partial charge in [-0.1, -0.05) is 18.2 Å². The minimum atomic E-state index is -0.194. The molecule has 0 spiro atoms. The fourth-order valence-electron chi connectivity index (χ4n) is 3.56. The van der Waals surface area contributed by atoms with Crippen LogP contribution in [0.1, 0.15) is 13.3 Å². The van der Waals surface area contributed by atoms with E-state index in [1.165, 1.54) is 0 Å². The molecule has 142 valence electrons. The summed E-state index contributed by atoms with van der Waals surface area (Å²) in [5, 5.41) is 6.54. The van der Waals surface area contributed by atoms with E-state index in [1.807, 2.05) is 43.3 Å². The predicted octanol–water partition coefficient (Wildman–Crippen LogP) is 2.97. The van der Waals surface area contributed by atoms with Gasteiger partial charge in [-0.15, -0.1) is 0 Å². The van der Waals surface area contributed by atoms with Crippen molar-refractivity contribution in [1.82, 2.24) is 4.90 Å². The zero-order valence-electron chi connectivity index (χ0n) is 15.5. The van der Waals surface area contributed by atoms with Crippen LogP contribution in [0.15, 0.2) is 48.5 Å². The lowest BCUT2D eigenvalue weighted by Crippen LogP contribution is -2.41. The van der Waals surface area contributed by atoms with Gasteiger partial charge in [-0.25, -0.2) is 0 Å². The molecule has 2 atom stereocenters. The molecule has 2 aromatic carbocycles. The predicted molar refractivity (Wildman–Crippen MR) is 106 cm³/mol. The molecule has 1 saturated heterocycles. The molecule has 2 aliphatic heterocycles. The number of rotatable bonds is 5. The van der Waals surface area contributed by atoms with E-state index in [0.29, 0.717) is 25.0 Å². The van der Waals surface area contributed by atoms with Gasteiger partial charge in [0, 0.05) is 36.6 Å². The average molecular weight is 367 g/mol. The molecule has 2 heterocycles. The Labute approximate surface area is 159 Å². The first-order valence-electron chi connectivity index (χ1n) is 9.45. The van der Waals surface area contributed by atoms with Crippen LogP contribution in [0.5, 0.6) is 11.5 Å². The minimum absolute atomic E-state index is 0.00737. The SMILES string of the molecule is C[C@H](C(=O)Nc1ccc2c(c1)OCCO2)N1CC[C@H](Nc2ccccc2)C1. The molecule has 0 radical (unpaired) electrons. The van der Waals surface area contributed by atoms with Crippen molar-refractivity contribution in [3.8, 4) is 11.5 Å². The second kappa shape index (κ2) is 7.88. The maximum Gasteiger partial charge on any atom is 0.241 e. The van der Waals surface area contributed by atoms with Gasteiger partial charge in [-0.05, 0) is 37.6 Å². The molecule has 2 aliphatic rings. The van der Waals surface area contributed by atoms with Gasteiger partial charge < -0.3 is 20.1 Å². The van der Waals surface area contributed by atoms with Gasteiger partial charge in [-0.2, -0.15) is 0 Å².